The highest BCUT2D eigenvalue weighted by molar-refractivity contribution is 7.91. The maximum absolute atomic E-state index is 13.0. The van der Waals surface area contributed by atoms with Crippen LogP contribution in [-0.2, 0) is 9.84 Å². The first-order valence-electron chi connectivity index (χ1n) is 5.64. The van der Waals surface area contributed by atoms with Crippen molar-refractivity contribution >= 4 is 9.84 Å². The van der Waals surface area contributed by atoms with Crippen LogP contribution in [0.3, 0.4) is 0 Å². The van der Waals surface area contributed by atoms with Gasteiger partial charge in [-0.3, -0.25) is 0 Å². The van der Waals surface area contributed by atoms with Crippen LogP contribution in [0.25, 0.3) is 0 Å². The van der Waals surface area contributed by atoms with Gasteiger partial charge in [-0.15, -0.1) is 0 Å². The second kappa shape index (κ2) is 6.12. The van der Waals surface area contributed by atoms with Crippen molar-refractivity contribution in [3.05, 3.63) is 35.6 Å². The summed E-state index contributed by atoms with van der Waals surface area (Å²) in [5, 5.41) is 3.07. The molecule has 0 bridgehead atoms. The molecule has 0 saturated carbocycles. The van der Waals surface area contributed by atoms with E-state index in [2.05, 4.69) is 5.32 Å². The molecule has 0 radical (unpaired) electrons. The van der Waals surface area contributed by atoms with E-state index >= 15 is 0 Å². The van der Waals surface area contributed by atoms with Crippen LogP contribution < -0.4 is 5.32 Å². The topological polar surface area (TPSA) is 46.2 Å². The summed E-state index contributed by atoms with van der Waals surface area (Å²) >= 11 is 0. The van der Waals surface area contributed by atoms with Crippen LogP contribution >= 0.6 is 0 Å². The number of rotatable bonds is 6. The third-order valence-electron chi connectivity index (χ3n) is 2.65. The first-order valence-corrected chi connectivity index (χ1v) is 7.46. The van der Waals surface area contributed by atoms with Crippen molar-refractivity contribution in [3.63, 3.8) is 0 Å². The molecule has 96 valence electrons. The Balaban J connectivity index is 2.48. The van der Waals surface area contributed by atoms with E-state index in [0.717, 1.165) is 5.56 Å². The van der Waals surface area contributed by atoms with Gasteiger partial charge in [0.2, 0.25) is 0 Å². The van der Waals surface area contributed by atoms with E-state index in [4.69, 9.17) is 0 Å². The zero-order valence-electron chi connectivity index (χ0n) is 10.1. The van der Waals surface area contributed by atoms with Gasteiger partial charge in [-0.2, -0.15) is 0 Å². The molecule has 1 aromatic rings. The van der Waals surface area contributed by atoms with Crippen LogP contribution in [0.4, 0.5) is 4.39 Å². The van der Waals surface area contributed by atoms with Crippen LogP contribution in [0.1, 0.15) is 25.5 Å². The minimum Gasteiger partial charge on any atom is -0.309 e. The number of sulfone groups is 1. The van der Waals surface area contributed by atoms with Crippen molar-refractivity contribution in [2.45, 2.75) is 19.9 Å². The fourth-order valence-corrected chi connectivity index (χ4v) is 2.19. The summed E-state index contributed by atoms with van der Waals surface area (Å²) in [5.74, 6) is -0.0102. The molecule has 1 atom stereocenters. The minimum absolute atomic E-state index is 0.0576. The van der Waals surface area contributed by atoms with Gasteiger partial charge in [0.25, 0.3) is 0 Å². The maximum atomic E-state index is 13.0. The van der Waals surface area contributed by atoms with E-state index in [9.17, 15) is 12.8 Å². The molecular formula is C12H18FNO2S. The molecule has 1 N–H and O–H groups in total. The van der Waals surface area contributed by atoms with Gasteiger partial charge < -0.3 is 5.32 Å². The Labute approximate surface area is 102 Å². The van der Waals surface area contributed by atoms with Gasteiger partial charge in [0.15, 0.2) is 9.84 Å². The number of hydrogen-bond donors (Lipinski definition) is 1. The van der Waals surface area contributed by atoms with Crippen molar-refractivity contribution in [2.75, 3.05) is 18.1 Å². The first kappa shape index (κ1) is 14.1. The SMILES string of the molecule is CCS(=O)(=O)CCN[C@H](C)c1cccc(F)c1. The van der Waals surface area contributed by atoms with Gasteiger partial charge in [-0.1, -0.05) is 19.1 Å². The summed E-state index contributed by atoms with van der Waals surface area (Å²) in [6.45, 7) is 3.90. The smallest absolute Gasteiger partial charge is 0.151 e. The third kappa shape index (κ3) is 4.83. The lowest BCUT2D eigenvalue weighted by atomic mass is 10.1. The molecule has 0 heterocycles. The van der Waals surface area contributed by atoms with E-state index in [1.54, 1.807) is 13.0 Å². The molecule has 1 rings (SSSR count). The van der Waals surface area contributed by atoms with E-state index in [-0.39, 0.29) is 23.4 Å². The number of benzene rings is 1. The third-order valence-corrected chi connectivity index (χ3v) is 4.36. The number of hydrogen-bond acceptors (Lipinski definition) is 3. The highest BCUT2D eigenvalue weighted by atomic mass is 32.2. The van der Waals surface area contributed by atoms with Crippen LogP contribution in [0.5, 0.6) is 0 Å². The lowest BCUT2D eigenvalue weighted by Gasteiger charge is -2.14. The van der Waals surface area contributed by atoms with Crippen LogP contribution in [0.2, 0.25) is 0 Å². The van der Waals surface area contributed by atoms with E-state index in [0.29, 0.717) is 6.54 Å². The molecule has 3 nitrogen and oxygen atoms in total. The Morgan fingerprint density at radius 1 is 1.41 bits per heavy atom. The Kier molecular flexibility index (Phi) is 5.08. The average Bonchev–Trinajstić information content (AvgIpc) is 2.28. The van der Waals surface area contributed by atoms with Gasteiger partial charge >= 0.3 is 0 Å². The van der Waals surface area contributed by atoms with Crippen LogP contribution in [0, 0.1) is 5.82 Å². The highest BCUT2D eigenvalue weighted by Gasteiger charge is 2.09. The number of halogens is 1. The molecule has 0 aliphatic rings. The monoisotopic (exact) mass is 259 g/mol. The largest absolute Gasteiger partial charge is 0.309 e. The van der Waals surface area contributed by atoms with Crippen LogP contribution in [0.15, 0.2) is 24.3 Å². The molecule has 0 fully saturated rings. The highest BCUT2D eigenvalue weighted by Crippen LogP contribution is 2.12. The lowest BCUT2D eigenvalue weighted by molar-refractivity contribution is 0.567. The average molecular weight is 259 g/mol. The van der Waals surface area contributed by atoms with Gasteiger partial charge in [0.05, 0.1) is 5.75 Å². The van der Waals surface area contributed by atoms with Crippen molar-refractivity contribution in [2.24, 2.45) is 0 Å². The molecule has 0 unspecified atom stereocenters. The van der Waals surface area contributed by atoms with Gasteiger partial charge in [-0.05, 0) is 24.6 Å². The molecule has 0 aromatic heterocycles. The summed E-state index contributed by atoms with van der Waals surface area (Å²) in [7, 11) is -2.94. The van der Waals surface area contributed by atoms with Gasteiger partial charge in [-0.25, -0.2) is 12.8 Å². The second-order valence-electron chi connectivity index (χ2n) is 3.97. The Morgan fingerprint density at radius 2 is 2.12 bits per heavy atom. The fraction of sp³-hybridized carbons (Fsp3) is 0.500. The predicted octanol–water partition coefficient (Wildman–Crippen LogP) is 1.91. The summed E-state index contributed by atoms with van der Waals surface area (Å²) in [6, 6.07) is 6.24. The molecule has 0 amide bonds. The Hall–Kier alpha value is -0.940. The van der Waals surface area contributed by atoms with Crippen molar-refractivity contribution in [3.8, 4) is 0 Å². The number of nitrogens with one attached hydrogen (secondary N) is 1. The molecular weight excluding hydrogens is 241 g/mol. The summed E-state index contributed by atoms with van der Waals surface area (Å²) < 4.78 is 35.5. The van der Waals surface area contributed by atoms with Crippen molar-refractivity contribution in [1.82, 2.24) is 5.32 Å². The first-order chi connectivity index (χ1) is 7.94. The van der Waals surface area contributed by atoms with Gasteiger partial charge in [0.1, 0.15) is 5.82 Å². The maximum Gasteiger partial charge on any atom is 0.151 e. The quantitative estimate of drug-likeness (QED) is 0.849. The molecule has 0 aliphatic heterocycles. The van der Waals surface area contributed by atoms with Crippen molar-refractivity contribution < 1.29 is 12.8 Å². The molecule has 1 aromatic carbocycles. The fourth-order valence-electron chi connectivity index (χ4n) is 1.47. The van der Waals surface area contributed by atoms with E-state index in [1.807, 2.05) is 13.0 Å². The normalized spacial score (nSPS) is 13.6. The molecule has 0 aliphatic carbocycles. The summed E-state index contributed by atoms with van der Waals surface area (Å²) in [4.78, 5) is 0. The minimum atomic E-state index is -2.94. The van der Waals surface area contributed by atoms with E-state index < -0.39 is 9.84 Å². The molecule has 5 heteroatoms. The summed E-state index contributed by atoms with van der Waals surface area (Å²) in [6.07, 6.45) is 0. The zero-order chi connectivity index (χ0) is 12.9. The molecule has 0 spiro atoms. The molecule has 17 heavy (non-hydrogen) atoms. The standard InChI is InChI=1S/C12H18FNO2S/c1-3-17(15,16)8-7-14-10(2)11-5-4-6-12(13)9-11/h4-6,9-10,14H,3,7-8H2,1-2H3/t10-/m1/s1. The van der Waals surface area contributed by atoms with Gasteiger partial charge in [0, 0.05) is 18.3 Å². The second-order valence-corrected chi connectivity index (χ2v) is 6.44. The Bertz CT molecular complexity index is 459. The Morgan fingerprint density at radius 3 is 2.71 bits per heavy atom. The predicted molar refractivity (Wildman–Crippen MR) is 67.1 cm³/mol. The van der Waals surface area contributed by atoms with Crippen LogP contribution in [-0.4, -0.2) is 26.5 Å². The van der Waals surface area contributed by atoms with Crippen molar-refractivity contribution in [1.29, 1.82) is 0 Å². The zero-order valence-corrected chi connectivity index (χ0v) is 10.9. The lowest BCUT2D eigenvalue weighted by Crippen LogP contribution is -2.26. The molecule has 0 saturated heterocycles. The van der Waals surface area contributed by atoms with E-state index in [1.165, 1.54) is 12.1 Å². The summed E-state index contributed by atoms with van der Waals surface area (Å²) in [5.41, 5.74) is 0.818.